The summed E-state index contributed by atoms with van der Waals surface area (Å²) in [6, 6.07) is 8.47. The van der Waals surface area contributed by atoms with Crippen LogP contribution < -0.4 is 5.73 Å². The molecule has 17 heavy (non-hydrogen) atoms. The number of benzene rings is 1. The van der Waals surface area contributed by atoms with E-state index in [1.165, 1.54) is 5.56 Å². The maximum Gasteiger partial charge on any atom is 0.107 e. The Hall–Kier alpha value is -1.13. The molecule has 0 atom stereocenters. The average Bonchev–Trinajstić information content (AvgIpc) is 2.70. The summed E-state index contributed by atoms with van der Waals surface area (Å²) in [6.45, 7) is 4.83. The number of halogens is 1. The first-order valence-electron chi connectivity index (χ1n) is 5.66. The van der Waals surface area contributed by atoms with Gasteiger partial charge in [-0.2, -0.15) is 5.10 Å². The Kier molecular flexibility index (Phi) is 3.64. The maximum absolute atomic E-state index is 5.60. The molecule has 90 valence electrons. The number of hydrogen-bond donors (Lipinski definition) is 2. The zero-order valence-corrected chi connectivity index (χ0v) is 11.6. The van der Waals surface area contributed by atoms with Gasteiger partial charge < -0.3 is 5.73 Å². The van der Waals surface area contributed by atoms with E-state index in [1.807, 2.05) is 0 Å². The van der Waals surface area contributed by atoms with Gasteiger partial charge in [-0.05, 0) is 27.4 Å². The van der Waals surface area contributed by atoms with Gasteiger partial charge in [-0.25, -0.2) is 0 Å². The lowest BCUT2D eigenvalue weighted by molar-refractivity contribution is 0.867. The van der Waals surface area contributed by atoms with Crippen molar-refractivity contribution in [2.24, 2.45) is 5.73 Å². The van der Waals surface area contributed by atoms with Crippen LogP contribution in [-0.4, -0.2) is 10.2 Å². The number of hydrogen-bond acceptors (Lipinski definition) is 2. The molecule has 0 saturated carbocycles. The smallest absolute Gasteiger partial charge is 0.107 e. The van der Waals surface area contributed by atoms with Crippen molar-refractivity contribution < 1.29 is 0 Å². The van der Waals surface area contributed by atoms with Crippen molar-refractivity contribution in [1.29, 1.82) is 0 Å². The Morgan fingerprint density at radius 3 is 2.41 bits per heavy atom. The molecule has 4 heteroatoms. The maximum atomic E-state index is 5.60. The molecule has 1 aromatic carbocycles. The van der Waals surface area contributed by atoms with Gasteiger partial charge in [-0.1, -0.05) is 38.1 Å². The highest BCUT2D eigenvalue weighted by Crippen LogP contribution is 2.29. The summed E-state index contributed by atoms with van der Waals surface area (Å²) in [4.78, 5) is 0. The minimum Gasteiger partial charge on any atom is -0.325 e. The fourth-order valence-corrected chi connectivity index (χ4v) is 2.28. The normalized spacial score (nSPS) is 11.1. The van der Waals surface area contributed by atoms with Crippen molar-refractivity contribution in [3.63, 3.8) is 0 Å². The number of rotatable bonds is 3. The van der Waals surface area contributed by atoms with Crippen LogP contribution in [0.15, 0.2) is 28.7 Å². The standard InChI is InChI=1S/C13H16BrN3/c1-8(2)9-3-5-10(6-4-9)13-12(14)11(7-15)16-17-13/h3-6,8H,7,15H2,1-2H3,(H,16,17). The fourth-order valence-electron chi connectivity index (χ4n) is 1.72. The third-order valence-corrected chi connectivity index (χ3v) is 3.68. The Morgan fingerprint density at radius 2 is 1.94 bits per heavy atom. The summed E-state index contributed by atoms with van der Waals surface area (Å²) in [7, 11) is 0. The number of aromatic nitrogens is 2. The van der Waals surface area contributed by atoms with Gasteiger partial charge in [0.2, 0.25) is 0 Å². The summed E-state index contributed by atoms with van der Waals surface area (Å²) in [5.41, 5.74) is 9.87. The van der Waals surface area contributed by atoms with E-state index in [2.05, 4.69) is 64.2 Å². The largest absolute Gasteiger partial charge is 0.325 e. The first-order valence-corrected chi connectivity index (χ1v) is 6.46. The van der Waals surface area contributed by atoms with Crippen LogP contribution in [-0.2, 0) is 6.54 Å². The van der Waals surface area contributed by atoms with E-state index >= 15 is 0 Å². The highest BCUT2D eigenvalue weighted by Gasteiger charge is 2.11. The summed E-state index contributed by atoms with van der Waals surface area (Å²) >= 11 is 3.52. The second-order valence-electron chi connectivity index (χ2n) is 4.35. The number of nitrogens with two attached hydrogens (primary N) is 1. The lowest BCUT2D eigenvalue weighted by Gasteiger charge is -2.05. The van der Waals surface area contributed by atoms with Crippen molar-refractivity contribution in [2.45, 2.75) is 26.3 Å². The lowest BCUT2D eigenvalue weighted by atomic mass is 10.0. The molecule has 0 fully saturated rings. The molecule has 3 nitrogen and oxygen atoms in total. The van der Waals surface area contributed by atoms with Crippen LogP contribution in [0.3, 0.4) is 0 Å². The molecule has 3 N–H and O–H groups in total. The summed E-state index contributed by atoms with van der Waals surface area (Å²) in [5.74, 6) is 0.547. The number of aromatic amines is 1. The molecule has 2 rings (SSSR count). The molecule has 0 aliphatic rings. The van der Waals surface area contributed by atoms with E-state index in [0.717, 1.165) is 21.4 Å². The first kappa shape index (κ1) is 12.3. The van der Waals surface area contributed by atoms with Gasteiger partial charge in [0.05, 0.1) is 10.2 Å². The highest BCUT2D eigenvalue weighted by atomic mass is 79.9. The lowest BCUT2D eigenvalue weighted by Crippen LogP contribution is -1.96. The zero-order chi connectivity index (χ0) is 12.4. The SMILES string of the molecule is CC(C)c1ccc(-c2n[nH]c(CN)c2Br)cc1. The molecule has 0 saturated heterocycles. The molecule has 1 heterocycles. The minimum atomic E-state index is 0.456. The van der Waals surface area contributed by atoms with Crippen molar-refractivity contribution in [3.05, 3.63) is 40.0 Å². The molecule has 2 aromatic rings. The average molecular weight is 294 g/mol. The molecular weight excluding hydrogens is 278 g/mol. The summed E-state index contributed by atoms with van der Waals surface area (Å²) < 4.78 is 0.956. The van der Waals surface area contributed by atoms with Crippen LogP contribution in [0.1, 0.15) is 31.0 Å². The molecule has 0 unspecified atom stereocenters. The Balaban J connectivity index is 2.36. The van der Waals surface area contributed by atoms with E-state index in [9.17, 15) is 0 Å². The predicted octanol–water partition coefficient (Wildman–Crippen LogP) is 3.42. The zero-order valence-electron chi connectivity index (χ0n) is 10.00. The van der Waals surface area contributed by atoms with Gasteiger partial charge in [0.1, 0.15) is 5.69 Å². The van der Waals surface area contributed by atoms with E-state index < -0.39 is 0 Å². The topological polar surface area (TPSA) is 54.7 Å². The molecule has 0 radical (unpaired) electrons. The predicted molar refractivity (Wildman–Crippen MR) is 73.7 cm³/mol. The Bertz CT molecular complexity index is 500. The van der Waals surface area contributed by atoms with Crippen molar-refractivity contribution in [2.75, 3.05) is 0 Å². The molecule has 0 aliphatic carbocycles. The molecule has 0 aliphatic heterocycles. The third-order valence-electron chi connectivity index (χ3n) is 2.83. The summed E-state index contributed by atoms with van der Waals surface area (Å²) in [5, 5.41) is 7.22. The van der Waals surface area contributed by atoms with Crippen LogP contribution in [0, 0.1) is 0 Å². The van der Waals surface area contributed by atoms with E-state index in [1.54, 1.807) is 0 Å². The molecule has 1 aromatic heterocycles. The number of nitrogens with one attached hydrogen (secondary N) is 1. The second-order valence-corrected chi connectivity index (χ2v) is 5.14. The van der Waals surface area contributed by atoms with Crippen molar-refractivity contribution in [3.8, 4) is 11.3 Å². The second kappa shape index (κ2) is 5.02. The van der Waals surface area contributed by atoms with E-state index in [4.69, 9.17) is 5.73 Å². The van der Waals surface area contributed by atoms with Gasteiger partial charge in [-0.15, -0.1) is 0 Å². The van der Waals surface area contributed by atoms with Crippen molar-refractivity contribution >= 4 is 15.9 Å². The van der Waals surface area contributed by atoms with Gasteiger partial charge in [0, 0.05) is 12.1 Å². The van der Waals surface area contributed by atoms with Crippen LogP contribution in [0.2, 0.25) is 0 Å². The quantitative estimate of drug-likeness (QED) is 0.911. The van der Waals surface area contributed by atoms with Crippen LogP contribution >= 0.6 is 15.9 Å². The van der Waals surface area contributed by atoms with Crippen LogP contribution in [0.25, 0.3) is 11.3 Å². The molecule has 0 amide bonds. The minimum absolute atomic E-state index is 0.456. The Labute approximate surface area is 110 Å². The third kappa shape index (κ3) is 2.42. The van der Waals surface area contributed by atoms with E-state index in [0.29, 0.717) is 12.5 Å². The number of H-pyrrole nitrogens is 1. The van der Waals surface area contributed by atoms with E-state index in [-0.39, 0.29) is 0 Å². The Morgan fingerprint density at radius 1 is 1.29 bits per heavy atom. The molecule has 0 spiro atoms. The van der Waals surface area contributed by atoms with Crippen LogP contribution in [0.4, 0.5) is 0 Å². The fraction of sp³-hybridized carbons (Fsp3) is 0.308. The monoisotopic (exact) mass is 293 g/mol. The highest BCUT2D eigenvalue weighted by molar-refractivity contribution is 9.10. The van der Waals surface area contributed by atoms with Crippen molar-refractivity contribution in [1.82, 2.24) is 10.2 Å². The number of nitrogens with zero attached hydrogens (tertiary/aromatic N) is 1. The van der Waals surface area contributed by atoms with Gasteiger partial charge in [-0.3, -0.25) is 5.10 Å². The first-order chi connectivity index (χ1) is 8.13. The molecule has 0 bridgehead atoms. The summed E-state index contributed by atoms with van der Waals surface area (Å²) in [6.07, 6.45) is 0. The van der Waals surface area contributed by atoms with Gasteiger partial charge in [0.15, 0.2) is 0 Å². The molecular formula is C13H16BrN3. The van der Waals surface area contributed by atoms with Crippen LogP contribution in [0.5, 0.6) is 0 Å². The van der Waals surface area contributed by atoms with Gasteiger partial charge in [0.25, 0.3) is 0 Å². The van der Waals surface area contributed by atoms with Gasteiger partial charge >= 0.3 is 0 Å².